The van der Waals surface area contributed by atoms with Gasteiger partial charge in [-0.1, -0.05) is 0 Å². The Morgan fingerprint density at radius 2 is 1.69 bits per heavy atom. The molecule has 4 atom stereocenters. The zero-order valence-electron chi connectivity index (χ0n) is 6.85. The lowest BCUT2D eigenvalue weighted by atomic mass is 10.0. The van der Waals surface area contributed by atoms with Crippen LogP contribution < -0.4 is 5.84 Å². The lowest BCUT2D eigenvalue weighted by molar-refractivity contribution is -0.0999. The van der Waals surface area contributed by atoms with Crippen molar-refractivity contribution in [2.24, 2.45) is 10.9 Å². The molecule has 0 fully saturated rings. The number of nitrogens with zero attached hydrogens (tertiary/aromatic N) is 1. The van der Waals surface area contributed by atoms with Crippen molar-refractivity contribution in [3.63, 3.8) is 0 Å². The fourth-order valence-corrected chi connectivity index (χ4v) is 0.714. The molecule has 0 aliphatic carbocycles. The first kappa shape index (κ1) is 12.3. The van der Waals surface area contributed by atoms with E-state index < -0.39 is 31.0 Å². The van der Waals surface area contributed by atoms with E-state index >= 15 is 0 Å². The SMILES string of the molecule is N/N=C\[C@@H](O)[C@@H](O)[C@@H](O)[C@@H](O)CO. The zero-order valence-corrected chi connectivity index (χ0v) is 6.85. The Labute approximate surface area is 74.7 Å². The van der Waals surface area contributed by atoms with Gasteiger partial charge in [-0.25, -0.2) is 0 Å². The second kappa shape index (κ2) is 5.84. The summed E-state index contributed by atoms with van der Waals surface area (Å²) >= 11 is 0. The summed E-state index contributed by atoms with van der Waals surface area (Å²) in [5.74, 6) is 4.68. The summed E-state index contributed by atoms with van der Waals surface area (Å²) in [6.45, 7) is -0.718. The van der Waals surface area contributed by atoms with Crippen molar-refractivity contribution in [3.8, 4) is 0 Å². The van der Waals surface area contributed by atoms with Crippen LogP contribution in [0.1, 0.15) is 0 Å². The lowest BCUT2D eigenvalue weighted by Gasteiger charge is -2.23. The Morgan fingerprint density at radius 3 is 2.08 bits per heavy atom. The number of hydrazone groups is 1. The summed E-state index contributed by atoms with van der Waals surface area (Å²) in [5.41, 5.74) is 0. The van der Waals surface area contributed by atoms with E-state index in [0.717, 1.165) is 6.21 Å². The summed E-state index contributed by atoms with van der Waals surface area (Å²) in [6, 6.07) is 0. The largest absolute Gasteiger partial charge is 0.394 e. The number of aliphatic hydroxyl groups is 5. The van der Waals surface area contributed by atoms with Crippen molar-refractivity contribution >= 4 is 6.21 Å². The van der Waals surface area contributed by atoms with Gasteiger partial charge in [0.05, 0.1) is 12.8 Å². The molecule has 0 amide bonds. The zero-order chi connectivity index (χ0) is 10.4. The molecule has 7 nitrogen and oxygen atoms in total. The number of hydrogen-bond acceptors (Lipinski definition) is 7. The molecule has 0 saturated heterocycles. The summed E-state index contributed by atoms with van der Waals surface area (Å²) in [4.78, 5) is 0. The highest BCUT2D eigenvalue weighted by molar-refractivity contribution is 5.63. The van der Waals surface area contributed by atoms with Crippen LogP contribution in [-0.4, -0.2) is 62.8 Å². The van der Waals surface area contributed by atoms with Crippen LogP contribution in [0.15, 0.2) is 5.10 Å². The summed E-state index contributed by atoms with van der Waals surface area (Å²) in [6.07, 6.45) is -5.50. The Hall–Kier alpha value is -0.730. The molecule has 13 heavy (non-hydrogen) atoms. The van der Waals surface area contributed by atoms with Crippen molar-refractivity contribution in [2.45, 2.75) is 24.4 Å². The first-order valence-electron chi connectivity index (χ1n) is 3.61. The van der Waals surface area contributed by atoms with Gasteiger partial charge in [-0.15, -0.1) is 0 Å². The number of hydrogen-bond donors (Lipinski definition) is 6. The molecule has 0 aromatic rings. The van der Waals surface area contributed by atoms with Gasteiger partial charge < -0.3 is 31.4 Å². The van der Waals surface area contributed by atoms with Gasteiger partial charge in [-0.2, -0.15) is 5.10 Å². The van der Waals surface area contributed by atoms with E-state index in [1.165, 1.54) is 0 Å². The van der Waals surface area contributed by atoms with Crippen LogP contribution >= 0.6 is 0 Å². The van der Waals surface area contributed by atoms with Crippen molar-refractivity contribution in [2.75, 3.05) is 6.61 Å². The maximum absolute atomic E-state index is 9.10. The normalized spacial score (nSPS) is 21.3. The van der Waals surface area contributed by atoms with Gasteiger partial charge in [0, 0.05) is 0 Å². The molecule has 0 aromatic carbocycles. The van der Waals surface area contributed by atoms with Crippen LogP contribution in [0.2, 0.25) is 0 Å². The average molecular weight is 194 g/mol. The minimum absolute atomic E-state index is 0.718. The van der Waals surface area contributed by atoms with Crippen LogP contribution in [0.4, 0.5) is 0 Å². The fourth-order valence-electron chi connectivity index (χ4n) is 0.714. The third-order valence-corrected chi connectivity index (χ3v) is 1.52. The highest BCUT2D eigenvalue weighted by Crippen LogP contribution is 2.03. The molecular weight excluding hydrogens is 180 g/mol. The Morgan fingerprint density at radius 1 is 1.15 bits per heavy atom. The second-order valence-electron chi connectivity index (χ2n) is 2.52. The Kier molecular flexibility index (Phi) is 5.51. The molecule has 7 heteroatoms. The van der Waals surface area contributed by atoms with Crippen LogP contribution in [0.5, 0.6) is 0 Å². The smallest absolute Gasteiger partial charge is 0.119 e. The van der Waals surface area contributed by atoms with Gasteiger partial charge in [0.15, 0.2) is 0 Å². The molecule has 0 rings (SSSR count). The summed E-state index contributed by atoms with van der Waals surface area (Å²) in [5, 5.41) is 47.4. The molecule has 78 valence electrons. The third-order valence-electron chi connectivity index (χ3n) is 1.52. The number of rotatable bonds is 5. The molecule has 0 aliphatic rings. The lowest BCUT2D eigenvalue weighted by Crippen LogP contribution is -2.46. The number of nitrogens with two attached hydrogens (primary N) is 1. The first-order valence-corrected chi connectivity index (χ1v) is 3.61. The molecule has 7 N–H and O–H groups in total. The fraction of sp³-hybridized carbons (Fsp3) is 0.833. The van der Waals surface area contributed by atoms with E-state index in [2.05, 4.69) is 10.9 Å². The Bertz CT molecular complexity index is 165. The topological polar surface area (TPSA) is 140 Å². The summed E-state index contributed by atoms with van der Waals surface area (Å²) in [7, 11) is 0. The maximum atomic E-state index is 9.10. The van der Waals surface area contributed by atoms with Gasteiger partial charge >= 0.3 is 0 Å². The molecule has 0 aromatic heterocycles. The molecule has 0 heterocycles. The van der Waals surface area contributed by atoms with Gasteiger partial charge in [0.1, 0.15) is 24.4 Å². The molecule has 0 radical (unpaired) electrons. The van der Waals surface area contributed by atoms with E-state index in [1.54, 1.807) is 0 Å². The molecule has 0 aliphatic heterocycles. The third kappa shape index (κ3) is 3.66. The minimum atomic E-state index is -1.65. The van der Waals surface area contributed by atoms with Gasteiger partial charge in [-0.3, -0.25) is 0 Å². The van der Waals surface area contributed by atoms with Crippen molar-refractivity contribution < 1.29 is 25.5 Å². The van der Waals surface area contributed by atoms with Crippen molar-refractivity contribution in [1.29, 1.82) is 0 Å². The van der Waals surface area contributed by atoms with Crippen molar-refractivity contribution in [1.82, 2.24) is 0 Å². The predicted octanol–water partition coefficient (Wildman–Crippen LogP) is -3.63. The number of aliphatic hydroxyl groups excluding tert-OH is 5. The first-order chi connectivity index (χ1) is 6.04. The van der Waals surface area contributed by atoms with Crippen LogP contribution in [0.3, 0.4) is 0 Å². The summed E-state index contributed by atoms with van der Waals surface area (Å²) < 4.78 is 0. The monoisotopic (exact) mass is 194 g/mol. The van der Waals surface area contributed by atoms with Crippen molar-refractivity contribution in [3.05, 3.63) is 0 Å². The highest BCUT2D eigenvalue weighted by atomic mass is 16.4. The van der Waals surface area contributed by atoms with E-state index in [0.29, 0.717) is 0 Å². The van der Waals surface area contributed by atoms with Gasteiger partial charge in [0.25, 0.3) is 0 Å². The average Bonchev–Trinajstić information content (AvgIpc) is 2.14. The van der Waals surface area contributed by atoms with Crippen LogP contribution in [0.25, 0.3) is 0 Å². The molecule has 0 unspecified atom stereocenters. The highest BCUT2D eigenvalue weighted by Gasteiger charge is 2.28. The van der Waals surface area contributed by atoms with Gasteiger partial charge in [0.2, 0.25) is 0 Å². The quantitative estimate of drug-likeness (QED) is 0.152. The standard InChI is InChI=1S/C6H14N2O5/c7-8-1-3(10)5(12)6(13)4(11)2-9/h1,3-6,9-13H,2,7H2/b8-1-/t3-,4+,5-,6+/m1/s1. The molecule has 0 bridgehead atoms. The second-order valence-corrected chi connectivity index (χ2v) is 2.52. The van der Waals surface area contributed by atoms with E-state index in [9.17, 15) is 0 Å². The maximum Gasteiger partial charge on any atom is 0.119 e. The minimum Gasteiger partial charge on any atom is -0.394 e. The molecule has 0 spiro atoms. The predicted molar refractivity (Wildman–Crippen MR) is 43.8 cm³/mol. The molecule has 0 saturated carbocycles. The van der Waals surface area contributed by atoms with Crippen LogP contribution in [0, 0.1) is 0 Å². The van der Waals surface area contributed by atoms with E-state index in [4.69, 9.17) is 25.5 Å². The van der Waals surface area contributed by atoms with E-state index in [1.807, 2.05) is 0 Å². The van der Waals surface area contributed by atoms with E-state index in [-0.39, 0.29) is 0 Å². The van der Waals surface area contributed by atoms with Crippen LogP contribution in [-0.2, 0) is 0 Å². The molecular formula is C6H14N2O5. The van der Waals surface area contributed by atoms with Gasteiger partial charge in [-0.05, 0) is 0 Å². The Balaban J connectivity index is 4.15.